The first-order valence-corrected chi connectivity index (χ1v) is 15.1. The number of aryl methyl sites for hydroxylation is 3. The number of carbonyl (C=O) groups is 1. The van der Waals surface area contributed by atoms with Crippen molar-refractivity contribution < 1.29 is 34.4 Å². The quantitative estimate of drug-likeness (QED) is 0.0972. The summed E-state index contributed by atoms with van der Waals surface area (Å²) in [5.41, 5.74) is 5.49. The number of rotatable bonds is 8. The topological polar surface area (TPSA) is 76.2 Å². The molecule has 0 aliphatic carbocycles. The smallest absolute Gasteiger partial charge is 0.216 e. The van der Waals surface area contributed by atoms with Gasteiger partial charge in [0.2, 0.25) is 5.71 Å². The van der Waals surface area contributed by atoms with E-state index in [0.717, 1.165) is 63.8 Å². The number of aromatic nitrogens is 2. The molecule has 1 radical (unpaired) electrons. The molecule has 5 aromatic rings. The number of nitrogens with zero attached hydrogens (tertiary/aromatic N) is 2. The number of pyridine rings is 2. The van der Waals surface area contributed by atoms with Gasteiger partial charge in [-0.05, 0) is 69.8 Å². The molecule has 0 fully saturated rings. The number of thiophene rings is 1. The Kier molecular flexibility index (Phi) is 11.4. The van der Waals surface area contributed by atoms with Crippen LogP contribution < -0.4 is 0 Å². The number of fused-ring (bicyclic) bond motifs is 4. The monoisotopic (exact) mass is 748 g/mol. The molecule has 0 aliphatic heterocycles. The number of furan rings is 1. The van der Waals surface area contributed by atoms with Crippen molar-refractivity contribution in [3.05, 3.63) is 70.4 Å². The molecule has 0 saturated heterocycles. The maximum atomic E-state index is 11.7. The minimum Gasteiger partial charge on any atom is -0.512 e. The van der Waals surface area contributed by atoms with E-state index >= 15 is 0 Å². The molecule has 1 N–H and O–H groups in total. The molecule has 4 aromatic heterocycles. The molecule has 0 amide bonds. The zero-order valence-electron chi connectivity index (χ0n) is 24.9. The molecule has 0 bridgehead atoms. The van der Waals surface area contributed by atoms with Gasteiger partial charge in [-0.25, -0.2) is 4.98 Å². The number of ketones is 1. The third-order valence-corrected chi connectivity index (χ3v) is 8.93. The Morgan fingerprint density at radius 1 is 0.927 bits per heavy atom. The van der Waals surface area contributed by atoms with Gasteiger partial charge in [0.25, 0.3) is 0 Å². The zero-order valence-corrected chi connectivity index (χ0v) is 28.1. The molecule has 0 spiro atoms. The molecule has 0 aliphatic rings. The van der Waals surface area contributed by atoms with E-state index in [2.05, 4.69) is 43.1 Å². The van der Waals surface area contributed by atoms with Gasteiger partial charge in [-0.15, -0.1) is 29.5 Å². The van der Waals surface area contributed by atoms with Gasteiger partial charge < -0.3 is 9.52 Å². The average Bonchev–Trinajstić information content (AvgIpc) is 3.45. The standard InChI is InChI=1S/C21H15N2OS.C13H24O2.Ir/c1-11-7-8-16-15-5-4-6-17(19(15)24-20(16)22-11)18-10-9-14-12(2)13(3)25-21(14)23-18;1-5-10(6-2)12(14)9-13(15)11(7-3)8-4;/h4-5,7-10H,1-3H3;9-11,14H,5-8H2,1-4H3;/q-1;;/b;12-9-;. The van der Waals surface area contributed by atoms with Crippen LogP contribution in [0, 0.1) is 38.7 Å². The van der Waals surface area contributed by atoms with Crippen molar-refractivity contribution in [1.29, 1.82) is 0 Å². The summed E-state index contributed by atoms with van der Waals surface area (Å²) in [4.78, 5) is 23.5. The molecule has 41 heavy (non-hydrogen) atoms. The summed E-state index contributed by atoms with van der Waals surface area (Å²) in [5.74, 6) is 0.547. The minimum absolute atomic E-state index is 0. The van der Waals surface area contributed by atoms with Crippen LogP contribution in [0.4, 0.5) is 0 Å². The summed E-state index contributed by atoms with van der Waals surface area (Å²) in [5, 5.41) is 13.1. The van der Waals surface area contributed by atoms with Gasteiger partial charge in [0, 0.05) is 59.4 Å². The van der Waals surface area contributed by atoms with Crippen molar-refractivity contribution in [2.75, 3.05) is 0 Å². The number of hydrogen-bond acceptors (Lipinski definition) is 6. The second kappa shape index (κ2) is 14.4. The van der Waals surface area contributed by atoms with E-state index in [1.54, 1.807) is 11.3 Å². The van der Waals surface area contributed by atoms with Crippen LogP contribution in [0.3, 0.4) is 0 Å². The summed E-state index contributed by atoms with van der Waals surface area (Å²) in [6, 6.07) is 15.5. The normalized spacial score (nSPS) is 11.8. The number of carbonyl (C=O) groups excluding carboxylic acids is 1. The Hall–Kier alpha value is -2.86. The zero-order chi connectivity index (χ0) is 29.0. The van der Waals surface area contributed by atoms with Crippen LogP contribution in [-0.4, -0.2) is 20.9 Å². The first kappa shape index (κ1) is 32.7. The summed E-state index contributed by atoms with van der Waals surface area (Å²) < 4.78 is 6.08. The minimum atomic E-state index is 0. The third kappa shape index (κ3) is 6.97. The van der Waals surface area contributed by atoms with Gasteiger partial charge >= 0.3 is 0 Å². The van der Waals surface area contributed by atoms with Crippen molar-refractivity contribution in [3.8, 4) is 11.3 Å². The van der Waals surface area contributed by atoms with Crippen molar-refractivity contribution in [1.82, 2.24) is 9.97 Å². The Morgan fingerprint density at radius 3 is 2.24 bits per heavy atom. The van der Waals surface area contributed by atoms with Crippen molar-refractivity contribution in [2.24, 2.45) is 11.8 Å². The molecule has 0 unspecified atom stereocenters. The number of hydrogen-bond donors (Lipinski definition) is 1. The van der Waals surface area contributed by atoms with E-state index in [4.69, 9.17) is 9.40 Å². The Morgan fingerprint density at radius 2 is 1.59 bits per heavy atom. The molecule has 5 rings (SSSR count). The van der Waals surface area contributed by atoms with E-state index in [9.17, 15) is 9.90 Å². The first-order chi connectivity index (χ1) is 19.2. The van der Waals surface area contributed by atoms with Crippen LogP contribution in [0.1, 0.15) is 69.5 Å². The van der Waals surface area contributed by atoms with Crippen LogP contribution in [-0.2, 0) is 24.9 Å². The molecule has 1 aromatic carbocycles. The van der Waals surface area contributed by atoms with Crippen LogP contribution in [0.15, 0.2) is 52.7 Å². The van der Waals surface area contributed by atoms with Crippen molar-refractivity contribution >= 4 is 49.4 Å². The van der Waals surface area contributed by atoms with E-state index in [0.29, 0.717) is 5.71 Å². The number of benzene rings is 1. The molecule has 219 valence electrons. The summed E-state index contributed by atoms with van der Waals surface area (Å²) >= 11 is 1.73. The van der Waals surface area contributed by atoms with Gasteiger partial charge in [-0.2, -0.15) is 0 Å². The number of allylic oxidation sites excluding steroid dienone is 2. The molecule has 4 heterocycles. The van der Waals surface area contributed by atoms with E-state index < -0.39 is 0 Å². The average molecular weight is 748 g/mol. The first-order valence-electron chi connectivity index (χ1n) is 14.2. The predicted octanol–water partition coefficient (Wildman–Crippen LogP) is 9.85. The number of aliphatic hydroxyl groups excluding tert-OH is 1. The van der Waals surface area contributed by atoms with Crippen molar-refractivity contribution in [3.63, 3.8) is 0 Å². The Labute approximate surface area is 260 Å². The fraction of sp³-hybridized carbons (Fsp3) is 0.382. The van der Waals surface area contributed by atoms with Crippen LogP contribution in [0.2, 0.25) is 0 Å². The van der Waals surface area contributed by atoms with Crippen LogP contribution in [0.5, 0.6) is 0 Å². The summed E-state index contributed by atoms with van der Waals surface area (Å²) in [7, 11) is 0. The van der Waals surface area contributed by atoms with Gasteiger partial charge in [-0.3, -0.25) is 9.78 Å². The molecular weight excluding hydrogens is 709 g/mol. The van der Waals surface area contributed by atoms with Gasteiger partial charge in [0.05, 0.1) is 11.3 Å². The van der Waals surface area contributed by atoms with Gasteiger partial charge in [0.15, 0.2) is 5.78 Å². The second-order valence-electron chi connectivity index (χ2n) is 10.3. The molecule has 5 nitrogen and oxygen atoms in total. The Bertz CT molecular complexity index is 1680. The SMILES string of the molecule is CCC(CC)C(=O)/C=C(\O)C(CC)CC.Cc1ccc2c(n1)oc1c(-c3ccc4c(C)c(C)sc4n3)[c-]ccc12.[Ir]. The fourth-order valence-corrected chi connectivity index (χ4v) is 6.07. The third-order valence-electron chi connectivity index (χ3n) is 7.82. The maximum absolute atomic E-state index is 11.7. The molecule has 0 saturated carbocycles. The van der Waals surface area contributed by atoms with Crippen LogP contribution >= 0.6 is 11.3 Å². The molecule has 0 atom stereocenters. The predicted molar refractivity (Wildman–Crippen MR) is 167 cm³/mol. The second-order valence-corrected chi connectivity index (χ2v) is 11.5. The van der Waals surface area contributed by atoms with E-state index in [1.165, 1.54) is 21.9 Å². The van der Waals surface area contributed by atoms with Gasteiger partial charge in [0.1, 0.15) is 4.83 Å². The molecular formula is C34H39IrN2O3S-. The molecule has 7 heteroatoms. The van der Waals surface area contributed by atoms with Crippen LogP contribution in [0.25, 0.3) is 43.5 Å². The summed E-state index contributed by atoms with van der Waals surface area (Å²) in [6.45, 7) is 14.3. The summed E-state index contributed by atoms with van der Waals surface area (Å²) in [6.07, 6.45) is 4.91. The largest absolute Gasteiger partial charge is 0.512 e. The van der Waals surface area contributed by atoms with Gasteiger partial charge in [-0.1, -0.05) is 50.8 Å². The maximum Gasteiger partial charge on any atom is 0.216 e. The number of aliphatic hydroxyl groups is 1. The fourth-order valence-electron chi connectivity index (χ4n) is 5.04. The Balaban J connectivity index is 0.000000253. The van der Waals surface area contributed by atoms with E-state index in [-0.39, 0.29) is 43.5 Å². The van der Waals surface area contributed by atoms with E-state index in [1.807, 2.05) is 52.8 Å². The van der Waals surface area contributed by atoms with Crippen molar-refractivity contribution in [2.45, 2.75) is 74.1 Å².